The lowest BCUT2D eigenvalue weighted by Gasteiger charge is -2.28. The van der Waals surface area contributed by atoms with Crippen LogP contribution >= 0.6 is 0 Å². The summed E-state index contributed by atoms with van der Waals surface area (Å²) in [6, 6.07) is 15.8. The summed E-state index contributed by atoms with van der Waals surface area (Å²) in [7, 11) is -1.72. The highest BCUT2D eigenvalue weighted by atomic mass is 32.2. The maximum absolute atomic E-state index is 13.6. The van der Waals surface area contributed by atoms with Crippen LogP contribution in [-0.4, -0.2) is 110 Å². The molecule has 0 spiro atoms. The quantitative estimate of drug-likeness (QED) is 0.126. The molecule has 4 N–H and O–H groups in total. The molecule has 49 heavy (non-hydrogen) atoms. The molecule has 0 bridgehead atoms. The maximum Gasteiger partial charge on any atom is 0.323 e. The zero-order valence-electron chi connectivity index (χ0n) is 27.5. The lowest BCUT2D eigenvalue weighted by molar-refractivity contribution is -0.139. The Labute approximate surface area is 285 Å². The first kappa shape index (κ1) is 37.5. The van der Waals surface area contributed by atoms with Gasteiger partial charge in [0.2, 0.25) is 20.0 Å². The summed E-state index contributed by atoms with van der Waals surface area (Å²) < 4.78 is 72.2. The molecular weight excluding hydrogens is 678 g/mol. The van der Waals surface area contributed by atoms with Crippen molar-refractivity contribution in [3.05, 3.63) is 72.8 Å². The monoisotopic (exact) mass is 717 g/mol. The van der Waals surface area contributed by atoms with Gasteiger partial charge in [-0.1, -0.05) is 48.5 Å². The minimum atomic E-state index is -4.46. The van der Waals surface area contributed by atoms with Crippen LogP contribution in [0.25, 0.3) is 21.5 Å². The number of hydrogen-bond acceptors (Lipinski definition) is 9. The minimum Gasteiger partial charge on any atom is -0.480 e. The second kappa shape index (κ2) is 15.5. The molecule has 0 aliphatic rings. The molecule has 4 aromatic rings. The van der Waals surface area contributed by atoms with Gasteiger partial charge < -0.3 is 20.0 Å². The number of nitrogens with zero attached hydrogens (tertiary/aromatic N) is 3. The normalized spacial score (nSPS) is 13.4. The third kappa shape index (κ3) is 8.63. The molecule has 0 fully saturated rings. The topological polar surface area (TPSA) is 177 Å². The smallest absolute Gasteiger partial charge is 0.323 e. The highest BCUT2D eigenvalue weighted by Gasteiger charge is 2.33. The summed E-state index contributed by atoms with van der Waals surface area (Å²) in [5, 5.41) is 22.1. The van der Waals surface area contributed by atoms with E-state index in [9.17, 15) is 41.0 Å². The van der Waals surface area contributed by atoms with Crippen molar-refractivity contribution in [3.8, 4) is 0 Å². The first-order valence-electron chi connectivity index (χ1n) is 15.2. The zero-order valence-corrected chi connectivity index (χ0v) is 29.1. The fourth-order valence-corrected chi connectivity index (χ4v) is 8.47. The number of rotatable bonds is 17. The Balaban J connectivity index is 1.63. The van der Waals surface area contributed by atoms with Gasteiger partial charge in [-0.3, -0.25) is 18.9 Å². The van der Waals surface area contributed by atoms with Crippen molar-refractivity contribution < 1.29 is 41.0 Å². The van der Waals surface area contributed by atoms with Crippen LogP contribution < -0.4 is 19.2 Å². The Morgan fingerprint density at radius 2 is 1.02 bits per heavy atom. The van der Waals surface area contributed by atoms with Crippen LogP contribution in [0.4, 0.5) is 15.8 Å². The van der Waals surface area contributed by atoms with Crippen LogP contribution in [0.5, 0.6) is 0 Å². The first-order chi connectivity index (χ1) is 23.1. The average Bonchev–Trinajstić information content (AvgIpc) is 3.04. The van der Waals surface area contributed by atoms with Crippen molar-refractivity contribution in [1.29, 1.82) is 0 Å². The van der Waals surface area contributed by atoms with Gasteiger partial charge in [-0.2, -0.15) is 9.44 Å². The number of anilines is 2. The molecule has 0 amide bonds. The number of carboxylic acids is 2. The number of aliphatic carboxylic acids is 2. The fourth-order valence-electron chi connectivity index (χ4n) is 5.67. The maximum atomic E-state index is 13.6. The Morgan fingerprint density at radius 3 is 1.37 bits per heavy atom. The predicted octanol–water partition coefficient (Wildman–Crippen LogP) is 2.95. The second-order valence-electron chi connectivity index (χ2n) is 11.9. The molecule has 13 nitrogen and oxygen atoms in total. The summed E-state index contributed by atoms with van der Waals surface area (Å²) >= 11 is 0. The number of halogens is 1. The number of carbonyl (C=O) groups is 2. The molecule has 4 aromatic carbocycles. The number of sulfonamides is 2. The number of nitrogens with one attached hydrogen (secondary N) is 2. The van der Waals surface area contributed by atoms with E-state index >= 15 is 0 Å². The molecular formula is C33H40FN5O8S2. The van der Waals surface area contributed by atoms with Gasteiger partial charge >= 0.3 is 11.9 Å². The van der Waals surface area contributed by atoms with E-state index in [0.29, 0.717) is 21.5 Å². The number of benzene rings is 4. The number of carboxylic acid groups (broad SMARTS) is 2. The summed E-state index contributed by atoms with van der Waals surface area (Å²) in [6.07, 6.45) is -0.147. The average molecular weight is 718 g/mol. The standard InChI is InChI=1S/C33H40FN5O8S2/c1-37(2)28-14-5-12-24-22(28)10-7-16-30(24)48(44,45)35-26(32(40)41)20-39(19-9-18-34)21-27(33(42)43)36-49(46,47)31-17-8-11-23-25(31)13-6-15-29(23)38(3)4/h5-8,10-17,26-27,35-36H,9,18-21H2,1-4H3,(H,40,41)(H,42,43). The molecule has 2 atom stereocenters. The highest BCUT2D eigenvalue weighted by molar-refractivity contribution is 7.90. The van der Waals surface area contributed by atoms with E-state index in [4.69, 9.17) is 0 Å². The SMILES string of the molecule is CN(C)c1cccc2c(S(=O)(=O)NC(CN(CCCF)CC(NS(=O)(=O)c3cccc4c(N(C)C)cccc34)C(=O)O)C(=O)O)cccc12. The van der Waals surface area contributed by atoms with E-state index in [-0.39, 0.29) is 22.8 Å². The Bertz CT molecular complexity index is 1920. The third-order valence-corrected chi connectivity index (χ3v) is 11.0. The van der Waals surface area contributed by atoms with Gasteiger partial charge in [0.25, 0.3) is 0 Å². The van der Waals surface area contributed by atoms with Gasteiger partial charge in [0.05, 0.1) is 16.5 Å². The molecule has 264 valence electrons. The lowest BCUT2D eigenvalue weighted by Crippen LogP contribution is -2.53. The largest absolute Gasteiger partial charge is 0.480 e. The molecule has 0 saturated heterocycles. The van der Waals surface area contributed by atoms with Crippen molar-refractivity contribution in [2.45, 2.75) is 28.3 Å². The summed E-state index contributed by atoms with van der Waals surface area (Å²) in [5.74, 6) is -3.13. The van der Waals surface area contributed by atoms with Crippen LogP contribution in [0.2, 0.25) is 0 Å². The van der Waals surface area contributed by atoms with Gasteiger partial charge in [-0.25, -0.2) is 16.8 Å². The summed E-state index contributed by atoms with van der Waals surface area (Å²) in [6.45, 7) is -2.20. The van der Waals surface area contributed by atoms with Gasteiger partial charge in [-0.05, 0) is 30.7 Å². The second-order valence-corrected chi connectivity index (χ2v) is 15.2. The number of hydrogen-bond donors (Lipinski definition) is 4. The molecule has 0 heterocycles. The summed E-state index contributed by atoms with van der Waals surface area (Å²) in [5.41, 5.74) is 1.48. The van der Waals surface area contributed by atoms with Crippen molar-refractivity contribution in [2.75, 3.05) is 64.3 Å². The van der Waals surface area contributed by atoms with E-state index in [1.54, 1.807) is 64.6 Å². The van der Waals surface area contributed by atoms with E-state index in [0.717, 1.165) is 11.4 Å². The number of alkyl halides is 1. The molecule has 0 aromatic heterocycles. The molecule has 4 rings (SSSR count). The van der Waals surface area contributed by atoms with E-state index in [1.165, 1.54) is 29.2 Å². The highest BCUT2D eigenvalue weighted by Crippen LogP contribution is 2.31. The number of fused-ring (bicyclic) bond motifs is 2. The van der Waals surface area contributed by atoms with Gasteiger partial charge in [0.1, 0.15) is 12.1 Å². The Kier molecular flexibility index (Phi) is 11.8. The van der Waals surface area contributed by atoms with Crippen molar-refractivity contribution in [1.82, 2.24) is 14.3 Å². The Morgan fingerprint density at radius 1 is 0.653 bits per heavy atom. The fraction of sp³-hybridized carbons (Fsp3) is 0.333. The minimum absolute atomic E-state index is 0.147. The van der Waals surface area contributed by atoms with Crippen LogP contribution in [-0.2, 0) is 29.6 Å². The zero-order chi connectivity index (χ0) is 36.1. The summed E-state index contributed by atoms with van der Waals surface area (Å²) in [4.78, 5) is 29.3. The van der Waals surface area contributed by atoms with E-state index < -0.39 is 63.8 Å². The van der Waals surface area contributed by atoms with Gasteiger partial charge in [-0.15, -0.1) is 0 Å². The van der Waals surface area contributed by atoms with Gasteiger partial charge in [0.15, 0.2) is 0 Å². The molecule has 0 aliphatic heterocycles. The molecule has 0 radical (unpaired) electrons. The van der Waals surface area contributed by atoms with Crippen LogP contribution in [0.1, 0.15) is 6.42 Å². The van der Waals surface area contributed by atoms with Crippen LogP contribution in [0.15, 0.2) is 82.6 Å². The lowest BCUT2D eigenvalue weighted by atomic mass is 10.1. The van der Waals surface area contributed by atoms with Crippen molar-refractivity contribution in [2.24, 2.45) is 0 Å². The van der Waals surface area contributed by atoms with Crippen LogP contribution in [0.3, 0.4) is 0 Å². The molecule has 0 saturated carbocycles. The van der Waals surface area contributed by atoms with Crippen molar-refractivity contribution in [3.63, 3.8) is 0 Å². The Hall–Kier alpha value is -4.35. The molecule has 16 heteroatoms. The molecule has 0 aliphatic carbocycles. The van der Waals surface area contributed by atoms with Crippen LogP contribution in [0, 0.1) is 0 Å². The third-order valence-electron chi connectivity index (χ3n) is 7.94. The van der Waals surface area contributed by atoms with E-state index in [1.807, 2.05) is 21.9 Å². The van der Waals surface area contributed by atoms with E-state index in [2.05, 4.69) is 9.44 Å². The van der Waals surface area contributed by atoms with Crippen molar-refractivity contribution >= 4 is 64.9 Å². The van der Waals surface area contributed by atoms with Gasteiger partial charge in [0, 0.05) is 80.7 Å². The first-order valence-corrected chi connectivity index (χ1v) is 18.2. The predicted molar refractivity (Wildman–Crippen MR) is 187 cm³/mol. The molecule has 2 unspecified atom stereocenters.